The zero-order valence-corrected chi connectivity index (χ0v) is 9.07. The first-order valence-electron chi connectivity index (χ1n) is 5.08. The molecule has 1 saturated heterocycles. The average Bonchev–Trinajstić information content (AvgIpc) is 2.50. The van der Waals surface area contributed by atoms with Crippen molar-refractivity contribution in [2.45, 2.75) is 12.8 Å². The van der Waals surface area contributed by atoms with E-state index in [0.29, 0.717) is 0 Å². The lowest BCUT2D eigenvalue weighted by atomic mass is 9.97. The fourth-order valence-electron chi connectivity index (χ4n) is 1.73. The lowest BCUT2D eigenvalue weighted by Gasteiger charge is -2.01. The molecule has 0 spiro atoms. The van der Waals surface area contributed by atoms with Crippen LogP contribution in [-0.2, 0) is 4.79 Å². The Morgan fingerprint density at radius 2 is 2.31 bits per heavy atom. The minimum absolute atomic E-state index is 0.0562. The number of allylic oxidation sites excluding steroid dienone is 5. The van der Waals surface area contributed by atoms with E-state index in [-0.39, 0.29) is 18.2 Å². The third-order valence-electron chi connectivity index (χ3n) is 2.43. The van der Waals surface area contributed by atoms with Crippen molar-refractivity contribution in [1.82, 2.24) is 5.32 Å². The quantitative estimate of drug-likeness (QED) is 0.680. The van der Waals surface area contributed by atoms with Crippen LogP contribution in [0.25, 0.3) is 0 Å². The first kappa shape index (κ1) is 12.0. The summed E-state index contributed by atoms with van der Waals surface area (Å²) >= 11 is 0. The van der Waals surface area contributed by atoms with E-state index < -0.39 is 0 Å². The van der Waals surface area contributed by atoms with E-state index in [1.807, 2.05) is 30.4 Å². The molecule has 1 fully saturated rings. The number of carbonyl (C=O) groups excluding carboxylic acids is 1. The topological polar surface area (TPSA) is 52.9 Å². The molecule has 1 aliphatic carbocycles. The van der Waals surface area contributed by atoms with Gasteiger partial charge in [0.05, 0.1) is 18.4 Å². The maximum Gasteiger partial charge on any atom is 0.233 e. The summed E-state index contributed by atoms with van der Waals surface area (Å²) in [5.74, 6) is -0.339. The van der Waals surface area contributed by atoms with Crippen LogP contribution in [-0.4, -0.2) is 5.91 Å². The Kier molecular flexibility index (Phi) is 4.28. The fourth-order valence-corrected chi connectivity index (χ4v) is 1.73. The Balaban J connectivity index is 0.000000606. The minimum atomic E-state index is -0.283. The smallest absolute Gasteiger partial charge is 0.233 e. The summed E-state index contributed by atoms with van der Waals surface area (Å²) in [5.41, 5.74) is 1.82. The molecule has 1 heterocycles. The van der Waals surface area contributed by atoms with Gasteiger partial charge in [0.15, 0.2) is 0 Å². The van der Waals surface area contributed by atoms with E-state index in [9.17, 15) is 4.79 Å². The van der Waals surface area contributed by atoms with Gasteiger partial charge in [0.25, 0.3) is 0 Å². The number of fused-ring (bicyclic) bond motifs is 1. The van der Waals surface area contributed by atoms with Crippen LogP contribution in [0.3, 0.4) is 0 Å². The van der Waals surface area contributed by atoms with Crippen molar-refractivity contribution in [1.29, 1.82) is 5.26 Å². The number of carbonyl (C=O) groups is 1. The van der Waals surface area contributed by atoms with Gasteiger partial charge in [-0.2, -0.15) is 5.26 Å². The van der Waals surface area contributed by atoms with Crippen LogP contribution in [0.15, 0.2) is 48.7 Å². The van der Waals surface area contributed by atoms with Gasteiger partial charge < -0.3 is 5.32 Å². The van der Waals surface area contributed by atoms with Crippen LogP contribution in [0.5, 0.6) is 0 Å². The summed E-state index contributed by atoms with van der Waals surface area (Å²) in [4.78, 5) is 11.5. The maximum absolute atomic E-state index is 11.5. The Morgan fingerprint density at radius 1 is 1.56 bits per heavy atom. The molecule has 2 aliphatic rings. The molecule has 16 heavy (non-hydrogen) atoms. The number of nitrogens with one attached hydrogen (secondary N) is 1. The summed E-state index contributed by atoms with van der Waals surface area (Å²) in [6.45, 7) is 6.00. The second kappa shape index (κ2) is 5.72. The molecule has 1 amide bonds. The lowest BCUT2D eigenvalue weighted by molar-refractivity contribution is -0.121. The van der Waals surface area contributed by atoms with E-state index in [2.05, 4.69) is 18.5 Å². The van der Waals surface area contributed by atoms with Crippen molar-refractivity contribution in [3.8, 4) is 6.07 Å². The molecule has 82 valence electrons. The van der Waals surface area contributed by atoms with Gasteiger partial charge in [-0.05, 0) is 12.0 Å². The molecule has 1 N–H and O–H groups in total. The Labute approximate surface area is 95.5 Å². The average molecular weight is 214 g/mol. The number of hydrogen-bond acceptors (Lipinski definition) is 2. The van der Waals surface area contributed by atoms with E-state index in [1.165, 1.54) is 0 Å². The van der Waals surface area contributed by atoms with Crippen LogP contribution < -0.4 is 5.32 Å². The Bertz CT molecular complexity index is 410. The van der Waals surface area contributed by atoms with Crippen molar-refractivity contribution in [2.24, 2.45) is 5.92 Å². The predicted octanol–water partition coefficient (Wildman–Crippen LogP) is 2.22. The van der Waals surface area contributed by atoms with Crippen molar-refractivity contribution < 1.29 is 4.79 Å². The first-order valence-corrected chi connectivity index (χ1v) is 5.08. The number of nitrogens with zero attached hydrogens (tertiary/aromatic N) is 1. The minimum Gasteiger partial charge on any atom is -0.326 e. The molecule has 0 aromatic heterocycles. The summed E-state index contributed by atoms with van der Waals surface area (Å²) in [6, 6.07) is 2.04. The van der Waals surface area contributed by atoms with Crippen LogP contribution in [0.2, 0.25) is 0 Å². The van der Waals surface area contributed by atoms with Gasteiger partial charge in [-0.25, -0.2) is 0 Å². The third kappa shape index (κ3) is 2.29. The molecular weight excluding hydrogens is 200 g/mol. The van der Waals surface area contributed by atoms with E-state index >= 15 is 0 Å². The molecular formula is C13H14N2O. The van der Waals surface area contributed by atoms with Crippen molar-refractivity contribution in [2.75, 3.05) is 0 Å². The monoisotopic (exact) mass is 214 g/mol. The van der Waals surface area contributed by atoms with Gasteiger partial charge in [0.1, 0.15) is 0 Å². The molecule has 1 atom stereocenters. The lowest BCUT2D eigenvalue weighted by Crippen LogP contribution is -2.18. The zero-order chi connectivity index (χ0) is 12.0. The summed E-state index contributed by atoms with van der Waals surface area (Å²) in [7, 11) is 0. The Hall–Kier alpha value is -2.08. The maximum atomic E-state index is 11.5. The van der Waals surface area contributed by atoms with Gasteiger partial charge in [0.2, 0.25) is 5.91 Å². The highest BCUT2D eigenvalue weighted by molar-refractivity contribution is 5.90. The van der Waals surface area contributed by atoms with Gasteiger partial charge in [-0.1, -0.05) is 24.3 Å². The second-order valence-corrected chi connectivity index (χ2v) is 3.31. The molecule has 0 radical (unpaired) electrons. The molecule has 3 heteroatoms. The number of hydrogen-bond donors (Lipinski definition) is 1. The highest BCUT2D eigenvalue weighted by Crippen LogP contribution is 2.29. The van der Waals surface area contributed by atoms with Gasteiger partial charge in [-0.15, -0.1) is 13.2 Å². The van der Waals surface area contributed by atoms with Crippen LogP contribution in [0.4, 0.5) is 0 Å². The van der Waals surface area contributed by atoms with Gasteiger partial charge in [-0.3, -0.25) is 4.79 Å². The van der Waals surface area contributed by atoms with E-state index in [1.54, 1.807) is 0 Å². The van der Waals surface area contributed by atoms with E-state index in [0.717, 1.165) is 17.7 Å². The SMILES string of the molecule is C=C.N#CCC1C(=O)NC2=CCC=CC=C21. The number of amides is 1. The standard InChI is InChI=1S/C11H10N2O.C2H4/c12-7-6-9-8-4-2-1-3-5-10(8)13-11(9)14;1-2/h1-2,4-5,9H,3,6H2,(H,13,14);1-2H2. The van der Waals surface area contributed by atoms with Crippen LogP contribution in [0.1, 0.15) is 12.8 Å². The van der Waals surface area contributed by atoms with Gasteiger partial charge >= 0.3 is 0 Å². The predicted molar refractivity (Wildman–Crippen MR) is 63.0 cm³/mol. The van der Waals surface area contributed by atoms with Crippen molar-refractivity contribution in [3.05, 3.63) is 48.7 Å². The highest BCUT2D eigenvalue weighted by Gasteiger charge is 2.32. The largest absolute Gasteiger partial charge is 0.326 e. The third-order valence-corrected chi connectivity index (χ3v) is 2.43. The van der Waals surface area contributed by atoms with Crippen LogP contribution >= 0.6 is 0 Å². The van der Waals surface area contributed by atoms with Crippen LogP contribution in [0, 0.1) is 17.2 Å². The summed E-state index contributed by atoms with van der Waals surface area (Å²) in [6.07, 6.45) is 8.93. The first-order chi connectivity index (χ1) is 7.83. The highest BCUT2D eigenvalue weighted by atomic mass is 16.2. The van der Waals surface area contributed by atoms with E-state index in [4.69, 9.17) is 5.26 Å². The zero-order valence-electron chi connectivity index (χ0n) is 9.07. The molecule has 0 bridgehead atoms. The summed E-state index contributed by atoms with van der Waals surface area (Å²) in [5, 5.41) is 11.4. The number of nitriles is 1. The molecule has 0 saturated carbocycles. The van der Waals surface area contributed by atoms with Crippen molar-refractivity contribution in [3.63, 3.8) is 0 Å². The molecule has 3 nitrogen and oxygen atoms in total. The second-order valence-electron chi connectivity index (χ2n) is 3.31. The Morgan fingerprint density at radius 3 is 3.00 bits per heavy atom. The summed E-state index contributed by atoms with van der Waals surface area (Å²) < 4.78 is 0. The van der Waals surface area contributed by atoms with Gasteiger partial charge in [0, 0.05) is 5.70 Å². The normalized spacial score (nSPS) is 21.4. The molecule has 1 unspecified atom stereocenters. The van der Waals surface area contributed by atoms with Crippen molar-refractivity contribution >= 4 is 5.91 Å². The molecule has 1 aliphatic heterocycles. The molecule has 0 aromatic rings. The fraction of sp³-hybridized carbons (Fsp3) is 0.231. The molecule has 0 aromatic carbocycles. The number of rotatable bonds is 1. The molecule has 2 rings (SSSR count).